The highest BCUT2D eigenvalue weighted by atomic mass is 32.1. The molecule has 0 radical (unpaired) electrons. The summed E-state index contributed by atoms with van der Waals surface area (Å²) in [6.45, 7) is 2.30. The van der Waals surface area contributed by atoms with Crippen molar-refractivity contribution in [1.82, 2.24) is 4.98 Å². The number of rotatable bonds is 4. The van der Waals surface area contributed by atoms with Crippen LogP contribution in [0, 0.1) is 5.92 Å². The molecule has 3 unspecified atom stereocenters. The van der Waals surface area contributed by atoms with Gasteiger partial charge in [0.25, 0.3) is 0 Å². The number of hydrogen-bond acceptors (Lipinski definition) is 4. The molecule has 0 aliphatic heterocycles. The third-order valence-corrected chi connectivity index (χ3v) is 4.78. The molecule has 1 fully saturated rings. The van der Waals surface area contributed by atoms with Crippen LogP contribution in [0.2, 0.25) is 0 Å². The van der Waals surface area contributed by atoms with Crippen LogP contribution in [0.1, 0.15) is 37.5 Å². The Hall–Kier alpha value is -0.450. The van der Waals surface area contributed by atoms with Gasteiger partial charge >= 0.3 is 0 Å². The molecule has 3 atom stereocenters. The van der Waals surface area contributed by atoms with E-state index >= 15 is 0 Å². The molecule has 3 nitrogen and oxygen atoms in total. The Morgan fingerprint density at radius 2 is 2.53 bits per heavy atom. The van der Waals surface area contributed by atoms with E-state index in [1.807, 2.05) is 18.8 Å². The average Bonchev–Trinajstić information content (AvgIpc) is 2.81. The van der Waals surface area contributed by atoms with Gasteiger partial charge in [0, 0.05) is 30.6 Å². The van der Waals surface area contributed by atoms with Crippen LogP contribution in [0.4, 0.5) is 0 Å². The normalized spacial score (nSPS) is 31.4. The van der Waals surface area contributed by atoms with E-state index in [-0.39, 0.29) is 11.6 Å². The average molecular weight is 254 g/mol. The summed E-state index contributed by atoms with van der Waals surface area (Å²) < 4.78 is 5.82. The highest BCUT2D eigenvalue weighted by Crippen LogP contribution is 2.37. The lowest BCUT2D eigenvalue weighted by molar-refractivity contribution is -0.0703. The third-order valence-electron chi connectivity index (χ3n) is 3.98. The maximum Gasteiger partial charge on any atom is 0.0834 e. The molecule has 1 aromatic rings. The fraction of sp³-hybridized carbons (Fsp3) is 0.769. The summed E-state index contributed by atoms with van der Waals surface area (Å²) in [5.41, 5.74) is 8.14. The van der Waals surface area contributed by atoms with Crippen molar-refractivity contribution < 1.29 is 4.74 Å². The summed E-state index contributed by atoms with van der Waals surface area (Å²) in [7, 11) is 1.81. The lowest BCUT2D eigenvalue weighted by Crippen LogP contribution is -2.53. The SMILES string of the molecule is COC1(C(N)Cc2cncs2)CCCC(C)C1. The highest BCUT2D eigenvalue weighted by molar-refractivity contribution is 7.09. The number of thiazole rings is 1. The van der Waals surface area contributed by atoms with Gasteiger partial charge in [0.15, 0.2) is 0 Å². The topological polar surface area (TPSA) is 48.1 Å². The van der Waals surface area contributed by atoms with Crippen molar-refractivity contribution in [3.63, 3.8) is 0 Å². The summed E-state index contributed by atoms with van der Waals surface area (Å²) in [4.78, 5) is 5.36. The first-order valence-electron chi connectivity index (χ1n) is 6.34. The number of aromatic nitrogens is 1. The van der Waals surface area contributed by atoms with Gasteiger partial charge in [0.05, 0.1) is 11.1 Å². The Morgan fingerprint density at radius 3 is 3.12 bits per heavy atom. The maximum atomic E-state index is 6.40. The first-order chi connectivity index (χ1) is 8.16. The van der Waals surface area contributed by atoms with E-state index in [0.29, 0.717) is 0 Å². The van der Waals surface area contributed by atoms with Crippen LogP contribution in [-0.2, 0) is 11.2 Å². The third kappa shape index (κ3) is 2.87. The standard InChI is InChI=1S/C13H22N2OS/c1-10-4-3-5-13(7-10,16-2)12(14)6-11-8-15-9-17-11/h8-10,12H,3-7,14H2,1-2H3. The lowest BCUT2D eigenvalue weighted by Gasteiger charge is -2.43. The molecule has 4 heteroatoms. The van der Waals surface area contributed by atoms with E-state index < -0.39 is 0 Å². The minimum absolute atomic E-state index is 0.0794. The predicted molar refractivity (Wildman–Crippen MR) is 71.2 cm³/mol. The molecule has 1 saturated carbocycles. The number of ether oxygens (including phenoxy) is 1. The Kier molecular flexibility index (Phi) is 4.17. The number of nitrogens with two attached hydrogens (primary N) is 1. The Balaban J connectivity index is 2.06. The Morgan fingerprint density at radius 1 is 1.71 bits per heavy atom. The highest BCUT2D eigenvalue weighted by Gasteiger charge is 2.40. The quantitative estimate of drug-likeness (QED) is 0.898. The second-order valence-corrected chi connectivity index (χ2v) is 6.22. The van der Waals surface area contributed by atoms with Crippen LogP contribution < -0.4 is 5.73 Å². The van der Waals surface area contributed by atoms with Gasteiger partial charge < -0.3 is 10.5 Å². The van der Waals surface area contributed by atoms with E-state index in [1.165, 1.54) is 17.7 Å². The molecular weight excluding hydrogens is 232 g/mol. The number of hydrogen-bond donors (Lipinski definition) is 1. The maximum absolute atomic E-state index is 6.40. The van der Waals surface area contributed by atoms with Crippen molar-refractivity contribution in [3.05, 3.63) is 16.6 Å². The molecule has 0 spiro atoms. The molecule has 0 aromatic carbocycles. The van der Waals surface area contributed by atoms with Crippen LogP contribution in [0.3, 0.4) is 0 Å². The second-order valence-electron chi connectivity index (χ2n) is 5.25. The summed E-state index contributed by atoms with van der Waals surface area (Å²) in [6.07, 6.45) is 7.51. The van der Waals surface area contributed by atoms with Crippen LogP contribution in [0.5, 0.6) is 0 Å². The van der Waals surface area contributed by atoms with Gasteiger partial charge in [0.2, 0.25) is 0 Å². The fourth-order valence-electron chi connectivity index (χ4n) is 2.96. The summed E-state index contributed by atoms with van der Waals surface area (Å²) in [6, 6.07) is 0.0794. The molecule has 2 N–H and O–H groups in total. The van der Waals surface area contributed by atoms with Gasteiger partial charge in [-0.15, -0.1) is 11.3 Å². The summed E-state index contributed by atoms with van der Waals surface area (Å²) in [5, 5.41) is 0. The minimum atomic E-state index is -0.123. The van der Waals surface area contributed by atoms with Gasteiger partial charge in [-0.2, -0.15) is 0 Å². The number of methoxy groups -OCH3 is 1. The molecule has 1 aliphatic rings. The Bertz CT molecular complexity index is 341. The van der Waals surface area contributed by atoms with Gasteiger partial charge in [-0.05, 0) is 18.8 Å². The zero-order valence-corrected chi connectivity index (χ0v) is 11.5. The van der Waals surface area contributed by atoms with E-state index in [4.69, 9.17) is 10.5 Å². The smallest absolute Gasteiger partial charge is 0.0834 e. The molecule has 0 saturated heterocycles. The van der Waals surface area contributed by atoms with Gasteiger partial charge in [-0.25, -0.2) is 0 Å². The van der Waals surface area contributed by atoms with Crippen LogP contribution in [0.15, 0.2) is 11.7 Å². The van der Waals surface area contributed by atoms with E-state index in [0.717, 1.165) is 25.2 Å². The van der Waals surface area contributed by atoms with Crippen LogP contribution in [0.25, 0.3) is 0 Å². The van der Waals surface area contributed by atoms with Crippen molar-refractivity contribution in [3.8, 4) is 0 Å². The van der Waals surface area contributed by atoms with Gasteiger partial charge in [-0.1, -0.05) is 19.8 Å². The molecule has 17 heavy (non-hydrogen) atoms. The molecule has 2 rings (SSSR count). The van der Waals surface area contributed by atoms with Crippen molar-refractivity contribution in [1.29, 1.82) is 0 Å². The van der Waals surface area contributed by atoms with Gasteiger partial charge in [0.1, 0.15) is 0 Å². The zero-order chi connectivity index (χ0) is 12.3. The molecule has 0 bridgehead atoms. The van der Waals surface area contributed by atoms with Crippen molar-refractivity contribution in [2.45, 2.75) is 50.7 Å². The van der Waals surface area contributed by atoms with Crippen molar-refractivity contribution in [2.24, 2.45) is 11.7 Å². The molecular formula is C13H22N2OS. The largest absolute Gasteiger partial charge is 0.377 e. The Labute approximate surface area is 107 Å². The monoisotopic (exact) mass is 254 g/mol. The van der Waals surface area contributed by atoms with Crippen molar-refractivity contribution in [2.75, 3.05) is 7.11 Å². The number of nitrogens with zero attached hydrogens (tertiary/aromatic N) is 1. The van der Waals surface area contributed by atoms with E-state index in [9.17, 15) is 0 Å². The molecule has 1 heterocycles. The van der Waals surface area contributed by atoms with E-state index in [2.05, 4.69) is 11.9 Å². The minimum Gasteiger partial charge on any atom is -0.377 e. The van der Waals surface area contributed by atoms with E-state index in [1.54, 1.807) is 11.3 Å². The summed E-state index contributed by atoms with van der Waals surface area (Å²) >= 11 is 1.68. The molecule has 96 valence electrons. The van der Waals surface area contributed by atoms with Crippen molar-refractivity contribution >= 4 is 11.3 Å². The first-order valence-corrected chi connectivity index (χ1v) is 7.22. The summed E-state index contributed by atoms with van der Waals surface area (Å²) in [5.74, 6) is 0.719. The molecule has 1 aromatic heterocycles. The first kappa shape index (κ1) is 13.0. The van der Waals surface area contributed by atoms with Gasteiger partial charge in [-0.3, -0.25) is 4.98 Å². The molecule has 1 aliphatic carbocycles. The second kappa shape index (κ2) is 5.46. The molecule has 0 amide bonds. The fourth-order valence-corrected chi connectivity index (χ4v) is 3.62. The van der Waals surface area contributed by atoms with Crippen LogP contribution in [-0.4, -0.2) is 23.7 Å². The zero-order valence-electron chi connectivity index (χ0n) is 10.7. The van der Waals surface area contributed by atoms with Crippen LogP contribution >= 0.6 is 11.3 Å². The predicted octanol–water partition coefficient (Wildman–Crippen LogP) is 2.61. The lowest BCUT2D eigenvalue weighted by atomic mass is 9.74.